The third kappa shape index (κ3) is 5.95. The van der Waals surface area contributed by atoms with Gasteiger partial charge in [0.25, 0.3) is 0 Å². The second-order valence-electron chi connectivity index (χ2n) is 7.04. The summed E-state index contributed by atoms with van der Waals surface area (Å²) in [6.45, 7) is 7.44. The fourth-order valence-electron chi connectivity index (χ4n) is 2.49. The first-order valence-corrected chi connectivity index (χ1v) is 8.60. The highest BCUT2D eigenvalue weighted by Crippen LogP contribution is 2.22. The van der Waals surface area contributed by atoms with Gasteiger partial charge in [0.15, 0.2) is 0 Å². The quantitative estimate of drug-likeness (QED) is 0.850. The van der Waals surface area contributed by atoms with Gasteiger partial charge in [0.2, 0.25) is 5.91 Å². The number of amides is 2. The van der Waals surface area contributed by atoms with Crippen molar-refractivity contribution >= 4 is 12.0 Å². The average Bonchev–Trinajstić information content (AvgIpc) is 3.09. The highest BCUT2D eigenvalue weighted by atomic mass is 16.6. The van der Waals surface area contributed by atoms with E-state index in [1.165, 1.54) is 0 Å². The van der Waals surface area contributed by atoms with E-state index in [-0.39, 0.29) is 18.5 Å². The van der Waals surface area contributed by atoms with Crippen molar-refractivity contribution in [3.05, 3.63) is 60.1 Å². The summed E-state index contributed by atoms with van der Waals surface area (Å²) in [4.78, 5) is 26.3. The number of nitrogens with one attached hydrogen (secondary N) is 1. The number of nitrogens with zero attached hydrogens (tertiary/aromatic N) is 1. The van der Waals surface area contributed by atoms with Crippen LogP contribution in [0.1, 0.15) is 45.1 Å². The molecule has 0 aliphatic heterocycles. The Balaban J connectivity index is 2.07. The summed E-state index contributed by atoms with van der Waals surface area (Å²) in [6.07, 6.45) is 0.959. The van der Waals surface area contributed by atoms with Crippen LogP contribution in [0, 0.1) is 0 Å². The van der Waals surface area contributed by atoms with Gasteiger partial charge in [-0.25, -0.2) is 4.79 Å². The lowest BCUT2D eigenvalue weighted by molar-refractivity contribution is -0.133. The highest BCUT2D eigenvalue weighted by Gasteiger charge is 2.24. The van der Waals surface area contributed by atoms with Gasteiger partial charge in [-0.1, -0.05) is 30.3 Å². The number of ether oxygens (including phenoxy) is 1. The predicted molar refractivity (Wildman–Crippen MR) is 98.4 cm³/mol. The first kappa shape index (κ1) is 19.6. The molecule has 0 bridgehead atoms. The monoisotopic (exact) mass is 358 g/mol. The minimum absolute atomic E-state index is 0.146. The molecule has 2 rings (SSSR count). The van der Waals surface area contributed by atoms with Crippen LogP contribution >= 0.6 is 0 Å². The summed E-state index contributed by atoms with van der Waals surface area (Å²) < 4.78 is 10.6. The van der Waals surface area contributed by atoms with Crippen molar-refractivity contribution in [3.8, 4) is 0 Å². The van der Waals surface area contributed by atoms with Gasteiger partial charge in [-0.2, -0.15) is 0 Å². The Morgan fingerprint density at radius 2 is 1.85 bits per heavy atom. The molecule has 140 valence electrons. The van der Waals surface area contributed by atoms with E-state index in [0.717, 1.165) is 5.56 Å². The van der Waals surface area contributed by atoms with E-state index in [9.17, 15) is 9.59 Å². The molecule has 2 amide bonds. The first-order chi connectivity index (χ1) is 12.3. The standard InChI is InChI=1S/C20H26N2O4/c1-15(16-9-6-5-7-10-16)22(14-17-11-8-12-25-17)18(23)13-21-19(24)26-20(2,3)4/h5-12,15H,13-14H2,1-4H3,(H,21,24)/t15-/m1/s1. The molecule has 0 unspecified atom stereocenters. The van der Waals surface area contributed by atoms with Gasteiger partial charge in [0.1, 0.15) is 17.9 Å². The van der Waals surface area contributed by atoms with Crippen LogP contribution < -0.4 is 5.32 Å². The van der Waals surface area contributed by atoms with Crippen molar-refractivity contribution in [2.45, 2.75) is 45.9 Å². The molecule has 0 saturated carbocycles. The van der Waals surface area contributed by atoms with Crippen molar-refractivity contribution < 1.29 is 18.7 Å². The number of alkyl carbamates (subject to hydrolysis) is 1. The van der Waals surface area contributed by atoms with Crippen LogP contribution in [0.3, 0.4) is 0 Å². The lowest BCUT2D eigenvalue weighted by Gasteiger charge is -2.29. The van der Waals surface area contributed by atoms with Gasteiger partial charge in [-0.3, -0.25) is 4.79 Å². The van der Waals surface area contributed by atoms with Gasteiger partial charge in [0.05, 0.1) is 18.8 Å². The Bertz CT molecular complexity index is 705. The molecule has 6 heteroatoms. The molecule has 0 spiro atoms. The van der Waals surface area contributed by atoms with Crippen LogP contribution in [0.5, 0.6) is 0 Å². The number of rotatable bonds is 6. The zero-order valence-corrected chi connectivity index (χ0v) is 15.7. The maximum absolute atomic E-state index is 12.8. The van der Waals surface area contributed by atoms with Gasteiger partial charge in [-0.15, -0.1) is 0 Å². The Hall–Kier alpha value is -2.76. The third-order valence-electron chi connectivity index (χ3n) is 3.76. The maximum Gasteiger partial charge on any atom is 0.408 e. The zero-order valence-electron chi connectivity index (χ0n) is 15.7. The fraction of sp³-hybridized carbons (Fsp3) is 0.400. The molecular formula is C20H26N2O4. The molecule has 26 heavy (non-hydrogen) atoms. The summed E-state index contributed by atoms with van der Waals surface area (Å²) >= 11 is 0. The molecule has 1 aromatic heterocycles. The number of benzene rings is 1. The molecular weight excluding hydrogens is 332 g/mol. The molecule has 2 aromatic rings. The van der Waals surface area contributed by atoms with E-state index >= 15 is 0 Å². The largest absolute Gasteiger partial charge is 0.467 e. The van der Waals surface area contributed by atoms with Crippen LogP contribution in [-0.2, 0) is 16.1 Å². The average molecular weight is 358 g/mol. The van der Waals surface area contributed by atoms with Gasteiger partial charge in [-0.05, 0) is 45.4 Å². The number of hydrogen-bond donors (Lipinski definition) is 1. The SMILES string of the molecule is C[C@H](c1ccccc1)N(Cc1ccco1)C(=O)CNC(=O)OC(C)(C)C. The molecule has 1 heterocycles. The number of hydrogen-bond acceptors (Lipinski definition) is 4. The van der Waals surface area contributed by atoms with Crippen molar-refractivity contribution in [1.82, 2.24) is 10.2 Å². The van der Waals surface area contributed by atoms with E-state index < -0.39 is 11.7 Å². The molecule has 0 fully saturated rings. The minimum Gasteiger partial charge on any atom is -0.467 e. The van der Waals surface area contributed by atoms with Crippen LogP contribution in [0.4, 0.5) is 4.79 Å². The molecule has 0 aliphatic rings. The second kappa shape index (κ2) is 8.56. The van der Waals surface area contributed by atoms with Crippen LogP contribution in [-0.4, -0.2) is 29.0 Å². The summed E-state index contributed by atoms with van der Waals surface area (Å²) in [5.74, 6) is 0.460. The number of furan rings is 1. The van der Waals surface area contributed by atoms with Crippen molar-refractivity contribution in [1.29, 1.82) is 0 Å². The topological polar surface area (TPSA) is 71.8 Å². The lowest BCUT2D eigenvalue weighted by Crippen LogP contribution is -2.42. The summed E-state index contributed by atoms with van der Waals surface area (Å²) in [5, 5.41) is 2.52. The smallest absolute Gasteiger partial charge is 0.408 e. The van der Waals surface area contributed by atoms with Gasteiger partial charge < -0.3 is 19.4 Å². The van der Waals surface area contributed by atoms with E-state index in [2.05, 4.69) is 5.32 Å². The van der Waals surface area contributed by atoms with Gasteiger partial charge >= 0.3 is 6.09 Å². The maximum atomic E-state index is 12.8. The summed E-state index contributed by atoms with van der Waals surface area (Å²) in [6, 6.07) is 13.2. The lowest BCUT2D eigenvalue weighted by atomic mass is 10.1. The minimum atomic E-state index is -0.615. The Kier molecular flexibility index (Phi) is 6.44. The third-order valence-corrected chi connectivity index (χ3v) is 3.76. The molecule has 0 saturated heterocycles. The molecule has 1 N–H and O–H groups in total. The molecule has 1 aromatic carbocycles. The van der Waals surface area contributed by atoms with Crippen molar-refractivity contribution in [2.24, 2.45) is 0 Å². The summed E-state index contributed by atoms with van der Waals surface area (Å²) in [5.41, 5.74) is 0.392. The van der Waals surface area contributed by atoms with Crippen LogP contribution in [0.15, 0.2) is 53.1 Å². The van der Waals surface area contributed by atoms with E-state index in [1.54, 1.807) is 38.0 Å². The van der Waals surface area contributed by atoms with Gasteiger partial charge in [0, 0.05) is 0 Å². The van der Waals surface area contributed by atoms with E-state index in [0.29, 0.717) is 12.3 Å². The van der Waals surface area contributed by atoms with Crippen LogP contribution in [0.2, 0.25) is 0 Å². The normalized spacial score (nSPS) is 12.3. The van der Waals surface area contributed by atoms with Crippen molar-refractivity contribution in [2.75, 3.05) is 6.54 Å². The molecule has 6 nitrogen and oxygen atoms in total. The number of carbonyl (C=O) groups is 2. The Labute approximate surface area is 154 Å². The van der Waals surface area contributed by atoms with Crippen LogP contribution in [0.25, 0.3) is 0 Å². The van der Waals surface area contributed by atoms with E-state index in [4.69, 9.17) is 9.15 Å². The fourth-order valence-corrected chi connectivity index (χ4v) is 2.49. The summed E-state index contributed by atoms with van der Waals surface area (Å²) in [7, 11) is 0. The molecule has 0 radical (unpaired) electrons. The Morgan fingerprint density at radius 1 is 1.15 bits per heavy atom. The molecule has 1 atom stereocenters. The van der Waals surface area contributed by atoms with Crippen molar-refractivity contribution in [3.63, 3.8) is 0 Å². The molecule has 0 aliphatic carbocycles. The zero-order chi connectivity index (χ0) is 19.2. The highest BCUT2D eigenvalue weighted by molar-refractivity contribution is 5.82. The second-order valence-corrected chi connectivity index (χ2v) is 7.04. The number of carbonyl (C=O) groups excluding carboxylic acids is 2. The van der Waals surface area contributed by atoms with E-state index in [1.807, 2.05) is 43.3 Å². The predicted octanol–water partition coefficient (Wildman–Crippen LogP) is 3.89. The first-order valence-electron chi connectivity index (χ1n) is 8.60. The Morgan fingerprint density at radius 3 is 2.42 bits per heavy atom.